The molecule has 36 heavy (non-hydrogen) atoms. The molecule has 2 bridgehead atoms. The van der Waals surface area contributed by atoms with E-state index in [2.05, 4.69) is 27.4 Å². The summed E-state index contributed by atoms with van der Waals surface area (Å²) >= 11 is 5.64. The molecule has 2 N–H and O–H groups in total. The Bertz CT molecular complexity index is 1190. The molecule has 1 aromatic heterocycles. The fourth-order valence-electron chi connectivity index (χ4n) is 4.61. The summed E-state index contributed by atoms with van der Waals surface area (Å²) in [6, 6.07) is 5.79. The third-order valence-electron chi connectivity index (χ3n) is 6.08. The maximum absolute atomic E-state index is 13.5. The summed E-state index contributed by atoms with van der Waals surface area (Å²) in [6.45, 7) is 5.42. The van der Waals surface area contributed by atoms with Crippen molar-refractivity contribution in [2.75, 3.05) is 19.8 Å². The van der Waals surface area contributed by atoms with Gasteiger partial charge in [-0.3, -0.25) is 9.59 Å². The maximum Gasteiger partial charge on any atom is 0.258 e. The predicted octanol–water partition coefficient (Wildman–Crippen LogP) is 3.12. The molecule has 0 atom stereocenters. The van der Waals surface area contributed by atoms with Crippen LogP contribution in [0.25, 0.3) is 5.82 Å². The summed E-state index contributed by atoms with van der Waals surface area (Å²) in [7, 11) is 0. The Morgan fingerprint density at radius 3 is 2.50 bits per heavy atom. The topological polar surface area (TPSA) is 107 Å². The van der Waals surface area contributed by atoms with Crippen LogP contribution in [0.3, 0.4) is 0 Å². The fourth-order valence-corrected chi connectivity index (χ4v) is 4.73. The number of benzene rings is 1. The maximum atomic E-state index is 13.5. The number of carbonyl (C=O) groups is 2. The molecule has 2 amide bonds. The Kier molecular flexibility index (Phi) is 7.56. The highest BCUT2D eigenvalue weighted by atomic mass is 35.5. The standard InChI is InChI=1S/C25H27ClFN5O4/c1-17(4-7-21(28-2)32-9-3-8-29-32)11-35-12-22(33)30-24-14-25(15-24,16-24)31-23(34)13-36-18-5-6-19(26)20(27)10-18/h3-10H,2,11-16H2,1H3,(H,30,33)(H,31,34)/b17-4+,21-7+. The fraction of sp³-hybridized carbons (Fsp3) is 0.360. The van der Waals surface area contributed by atoms with Crippen LogP contribution >= 0.6 is 11.6 Å². The Hall–Kier alpha value is -3.50. The first-order valence-corrected chi connectivity index (χ1v) is 11.7. The second-order valence-corrected chi connectivity index (χ2v) is 9.60. The van der Waals surface area contributed by atoms with E-state index >= 15 is 0 Å². The number of allylic oxidation sites excluding steroid dienone is 2. The normalized spacial score (nSPS) is 22.8. The third kappa shape index (κ3) is 6.00. The number of rotatable bonds is 12. The average molecular weight is 516 g/mol. The van der Waals surface area contributed by atoms with Gasteiger partial charge in [-0.2, -0.15) is 5.10 Å². The lowest BCUT2D eigenvalue weighted by Crippen LogP contribution is -2.84. The Morgan fingerprint density at radius 2 is 1.89 bits per heavy atom. The van der Waals surface area contributed by atoms with Crippen LogP contribution in [0.5, 0.6) is 5.75 Å². The van der Waals surface area contributed by atoms with Crippen molar-refractivity contribution in [1.29, 1.82) is 0 Å². The molecule has 1 aromatic carbocycles. The van der Waals surface area contributed by atoms with Crippen molar-refractivity contribution in [2.24, 2.45) is 4.99 Å². The van der Waals surface area contributed by atoms with Gasteiger partial charge >= 0.3 is 0 Å². The molecule has 1 heterocycles. The number of hydrogen-bond donors (Lipinski definition) is 2. The number of carbonyl (C=O) groups excluding carboxylic acids is 2. The predicted molar refractivity (Wildman–Crippen MR) is 133 cm³/mol. The summed E-state index contributed by atoms with van der Waals surface area (Å²) in [4.78, 5) is 28.5. The van der Waals surface area contributed by atoms with E-state index in [9.17, 15) is 14.0 Å². The van der Waals surface area contributed by atoms with Crippen LogP contribution in [-0.4, -0.2) is 59.2 Å². The lowest BCUT2D eigenvalue weighted by molar-refractivity contribution is -0.152. The van der Waals surface area contributed by atoms with E-state index in [4.69, 9.17) is 21.1 Å². The van der Waals surface area contributed by atoms with Crippen molar-refractivity contribution >= 4 is 36.0 Å². The molecule has 0 aliphatic heterocycles. The summed E-state index contributed by atoms with van der Waals surface area (Å²) < 4.78 is 25.9. The van der Waals surface area contributed by atoms with Crippen molar-refractivity contribution in [3.63, 3.8) is 0 Å². The molecular formula is C25H27ClFN5O4. The van der Waals surface area contributed by atoms with E-state index in [-0.39, 0.29) is 53.5 Å². The summed E-state index contributed by atoms with van der Waals surface area (Å²) in [5.41, 5.74) is 0.291. The van der Waals surface area contributed by atoms with Crippen molar-refractivity contribution in [1.82, 2.24) is 20.4 Å². The van der Waals surface area contributed by atoms with E-state index in [0.717, 1.165) is 11.6 Å². The molecule has 3 aliphatic rings. The molecule has 190 valence electrons. The van der Waals surface area contributed by atoms with Gasteiger partial charge in [-0.25, -0.2) is 14.1 Å². The zero-order valence-electron chi connectivity index (χ0n) is 19.8. The van der Waals surface area contributed by atoms with Crippen molar-refractivity contribution < 1.29 is 23.5 Å². The zero-order chi connectivity index (χ0) is 25.8. The number of halogens is 2. The monoisotopic (exact) mass is 515 g/mol. The van der Waals surface area contributed by atoms with Gasteiger partial charge in [0, 0.05) is 29.5 Å². The molecule has 0 spiro atoms. The van der Waals surface area contributed by atoms with Crippen molar-refractivity contribution in [2.45, 2.75) is 37.3 Å². The van der Waals surface area contributed by atoms with Crippen LogP contribution < -0.4 is 15.4 Å². The Morgan fingerprint density at radius 1 is 1.19 bits per heavy atom. The Labute approximate surface area is 213 Å². The van der Waals surface area contributed by atoms with Gasteiger partial charge in [0.1, 0.15) is 18.2 Å². The molecule has 0 saturated heterocycles. The number of aromatic nitrogens is 2. The second-order valence-electron chi connectivity index (χ2n) is 9.19. The second kappa shape index (κ2) is 10.6. The molecule has 9 nitrogen and oxygen atoms in total. The van der Waals surface area contributed by atoms with Gasteiger partial charge in [0.25, 0.3) is 5.91 Å². The van der Waals surface area contributed by atoms with Crippen LogP contribution in [0, 0.1) is 5.82 Å². The van der Waals surface area contributed by atoms with E-state index in [1.54, 1.807) is 29.2 Å². The van der Waals surface area contributed by atoms with Crippen LogP contribution in [0.4, 0.5) is 4.39 Å². The molecule has 3 aliphatic carbocycles. The van der Waals surface area contributed by atoms with Crippen molar-refractivity contribution in [3.8, 4) is 5.75 Å². The zero-order valence-corrected chi connectivity index (χ0v) is 20.6. The van der Waals surface area contributed by atoms with Gasteiger partial charge in [-0.1, -0.05) is 17.7 Å². The summed E-state index contributed by atoms with van der Waals surface area (Å²) in [5.74, 6) is -0.302. The van der Waals surface area contributed by atoms with E-state index in [1.807, 2.05) is 13.0 Å². The number of nitrogens with zero attached hydrogens (tertiary/aromatic N) is 3. The van der Waals surface area contributed by atoms with Crippen LogP contribution in [0.15, 0.2) is 59.4 Å². The minimum atomic E-state index is -0.608. The lowest BCUT2D eigenvalue weighted by atomic mass is 9.44. The highest BCUT2D eigenvalue weighted by Gasteiger charge is 2.69. The SMILES string of the molecule is C=N/C(=C\C=C(/C)COCC(=O)NC12CC(NC(=O)COc3ccc(Cl)c(F)c3)(C1)C2)n1cccn1. The van der Waals surface area contributed by atoms with Gasteiger partial charge in [0.15, 0.2) is 12.4 Å². The van der Waals surface area contributed by atoms with Crippen molar-refractivity contribution in [3.05, 3.63) is 65.2 Å². The minimum Gasteiger partial charge on any atom is -0.484 e. The number of amides is 2. The quantitative estimate of drug-likeness (QED) is 0.333. The first kappa shape index (κ1) is 25.6. The number of ether oxygens (including phenoxy) is 2. The van der Waals surface area contributed by atoms with Crippen LogP contribution in [0.1, 0.15) is 26.2 Å². The van der Waals surface area contributed by atoms with E-state index < -0.39 is 5.82 Å². The average Bonchev–Trinajstić information content (AvgIpc) is 3.33. The van der Waals surface area contributed by atoms with Crippen LogP contribution in [0.2, 0.25) is 5.02 Å². The van der Waals surface area contributed by atoms with Gasteiger partial charge in [0.2, 0.25) is 5.91 Å². The number of nitrogens with one attached hydrogen (secondary N) is 2. The smallest absolute Gasteiger partial charge is 0.258 e. The lowest BCUT2D eigenvalue weighted by Gasteiger charge is -2.70. The molecule has 3 fully saturated rings. The number of aliphatic imine (C=N–C) groups is 1. The minimum absolute atomic E-state index is 0.0109. The van der Waals surface area contributed by atoms with E-state index in [1.165, 1.54) is 12.1 Å². The molecule has 0 radical (unpaired) electrons. The highest BCUT2D eigenvalue weighted by Crippen LogP contribution is 2.60. The molecule has 2 aromatic rings. The third-order valence-corrected chi connectivity index (χ3v) is 6.39. The molecule has 3 saturated carbocycles. The first-order chi connectivity index (χ1) is 17.2. The molecule has 11 heteroatoms. The summed E-state index contributed by atoms with van der Waals surface area (Å²) in [5, 5.41) is 10.1. The highest BCUT2D eigenvalue weighted by molar-refractivity contribution is 6.30. The van der Waals surface area contributed by atoms with Gasteiger partial charge in [-0.05, 0) is 62.8 Å². The van der Waals surface area contributed by atoms with Gasteiger partial charge in [-0.15, -0.1) is 0 Å². The number of hydrogen-bond acceptors (Lipinski definition) is 6. The van der Waals surface area contributed by atoms with Crippen LogP contribution in [-0.2, 0) is 14.3 Å². The summed E-state index contributed by atoms with van der Waals surface area (Å²) in [6.07, 6.45) is 8.99. The van der Waals surface area contributed by atoms with Gasteiger partial charge < -0.3 is 20.1 Å². The molecular weight excluding hydrogens is 489 g/mol. The largest absolute Gasteiger partial charge is 0.484 e. The molecule has 0 unspecified atom stereocenters. The molecule has 5 rings (SSSR count). The van der Waals surface area contributed by atoms with E-state index in [0.29, 0.717) is 25.1 Å². The first-order valence-electron chi connectivity index (χ1n) is 11.3. The Balaban J connectivity index is 1.13. The van der Waals surface area contributed by atoms with Gasteiger partial charge in [0.05, 0.1) is 11.6 Å².